The zero-order valence-corrected chi connectivity index (χ0v) is 10.8. The van der Waals surface area contributed by atoms with Gasteiger partial charge in [-0.2, -0.15) is 0 Å². The molecule has 2 atom stereocenters. The summed E-state index contributed by atoms with van der Waals surface area (Å²) >= 11 is 0. The topological polar surface area (TPSA) is 49.5 Å². The van der Waals surface area contributed by atoms with E-state index in [1.54, 1.807) is 6.07 Å². The van der Waals surface area contributed by atoms with Crippen LogP contribution >= 0.6 is 0 Å². The van der Waals surface area contributed by atoms with Gasteiger partial charge in [0.25, 0.3) is 0 Å². The predicted octanol–water partition coefficient (Wildman–Crippen LogP) is 2.20. The third-order valence-electron chi connectivity index (χ3n) is 3.63. The van der Waals surface area contributed by atoms with Gasteiger partial charge >= 0.3 is 0 Å². The van der Waals surface area contributed by atoms with Gasteiger partial charge in [-0.15, -0.1) is 0 Å². The second-order valence-electron chi connectivity index (χ2n) is 5.02. The van der Waals surface area contributed by atoms with E-state index in [9.17, 15) is 9.50 Å². The van der Waals surface area contributed by atoms with Crippen molar-refractivity contribution < 1.29 is 9.50 Å². The summed E-state index contributed by atoms with van der Waals surface area (Å²) in [4.78, 5) is 2.17. The molecule has 1 heterocycles. The van der Waals surface area contributed by atoms with E-state index < -0.39 is 0 Å². The van der Waals surface area contributed by atoms with Gasteiger partial charge in [-0.3, -0.25) is 0 Å². The Morgan fingerprint density at radius 2 is 2.28 bits per heavy atom. The number of anilines is 1. The van der Waals surface area contributed by atoms with Crippen molar-refractivity contribution in [2.45, 2.75) is 38.3 Å². The molecule has 1 saturated heterocycles. The first-order valence-electron chi connectivity index (χ1n) is 6.56. The third kappa shape index (κ3) is 2.65. The van der Waals surface area contributed by atoms with Gasteiger partial charge in [0.05, 0.1) is 12.6 Å². The van der Waals surface area contributed by atoms with E-state index in [1.165, 1.54) is 12.1 Å². The van der Waals surface area contributed by atoms with Crippen molar-refractivity contribution in [2.75, 3.05) is 18.1 Å². The van der Waals surface area contributed by atoms with Gasteiger partial charge in [0.2, 0.25) is 0 Å². The molecule has 0 amide bonds. The molecule has 1 aliphatic rings. The summed E-state index contributed by atoms with van der Waals surface area (Å²) in [5.41, 5.74) is 7.70. The number of aliphatic hydroxyl groups is 1. The maximum atomic E-state index is 13.3. The van der Waals surface area contributed by atoms with Gasteiger partial charge in [0, 0.05) is 18.3 Å². The molecule has 0 spiro atoms. The van der Waals surface area contributed by atoms with E-state index in [-0.39, 0.29) is 24.5 Å². The Balaban J connectivity index is 2.36. The number of nitrogens with zero attached hydrogens (tertiary/aromatic N) is 1. The number of piperidine rings is 1. The Labute approximate surface area is 107 Å². The lowest BCUT2D eigenvalue weighted by molar-refractivity contribution is 0.240. The first-order chi connectivity index (χ1) is 8.63. The molecule has 1 aromatic carbocycles. The summed E-state index contributed by atoms with van der Waals surface area (Å²) in [5, 5.41) is 9.46. The van der Waals surface area contributed by atoms with Crippen molar-refractivity contribution in [1.82, 2.24) is 0 Å². The number of rotatable bonds is 3. The molecule has 1 fully saturated rings. The van der Waals surface area contributed by atoms with Crippen LogP contribution in [0.25, 0.3) is 0 Å². The van der Waals surface area contributed by atoms with Crippen molar-refractivity contribution in [2.24, 2.45) is 5.73 Å². The minimum Gasteiger partial charge on any atom is -0.394 e. The SMILES string of the molecule is C[C@@H](N)c1cc(F)ccc1N1CCCCC1CO. The van der Waals surface area contributed by atoms with Crippen molar-refractivity contribution in [3.63, 3.8) is 0 Å². The Bertz CT molecular complexity index is 409. The average molecular weight is 252 g/mol. The number of halogens is 1. The average Bonchev–Trinajstić information content (AvgIpc) is 2.38. The van der Waals surface area contributed by atoms with E-state index in [0.717, 1.165) is 37.1 Å². The van der Waals surface area contributed by atoms with E-state index in [4.69, 9.17) is 5.73 Å². The minimum atomic E-state index is -0.261. The Kier molecular flexibility index (Phi) is 4.19. The molecule has 2 rings (SSSR count). The first kappa shape index (κ1) is 13.3. The highest BCUT2D eigenvalue weighted by atomic mass is 19.1. The molecule has 4 heteroatoms. The molecule has 1 aromatic rings. The second-order valence-corrected chi connectivity index (χ2v) is 5.02. The molecule has 0 saturated carbocycles. The van der Waals surface area contributed by atoms with Gasteiger partial charge < -0.3 is 15.7 Å². The summed E-state index contributed by atoms with van der Waals surface area (Å²) in [6.45, 7) is 2.89. The molecular weight excluding hydrogens is 231 g/mol. The summed E-state index contributed by atoms with van der Waals surface area (Å²) in [7, 11) is 0. The fraction of sp³-hybridized carbons (Fsp3) is 0.571. The highest BCUT2D eigenvalue weighted by Crippen LogP contribution is 2.31. The standard InChI is InChI=1S/C14H21FN2O/c1-10(16)13-8-11(15)5-6-14(13)17-7-3-2-4-12(17)9-18/h5-6,8,10,12,18H,2-4,7,9,16H2,1H3/t10-,12?/m1/s1. The predicted molar refractivity (Wildman–Crippen MR) is 71.1 cm³/mol. The zero-order chi connectivity index (χ0) is 13.1. The number of benzene rings is 1. The van der Waals surface area contributed by atoms with Crippen LogP contribution in [0.5, 0.6) is 0 Å². The minimum absolute atomic E-state index is 0.127. The molecule has 3 nitrogen and oxygen atoms in total. The van der Waals surface area contributed by atoms with E-state index in [2.05, 4.69) is 4.90 Å². The fourth-order valence-corrected chi connectivity index (χ4v) is 2.66. The normalized spacial score (nSPS) is 22.0. The van der Waals surface area contributed by atoms with E-state index in [0.29, 0.717) is 0 Å². The summed E-state index contributed by atoms with van der Waals surface area (Å²) in [6, 6.07) is 4.66. The maximum Gasteiger partial charge on any atom is 0.123 e. The summed E-state index contributed by atoms with van der Waals surface area (Å²) in [5.74, 6) is -0.261. The number of nitrogens with two attached hydrogens (primary N) is 1. The second kappa shape index (κ2) is 5.67. The molecule has 100 valence electrons. The lowest BCUT2D eigenvalue weighted by atomic mass is 9.98. The molecule has 0 bridgehead atoms. The Morgan fingerprint density at radius 1 is 1.50 bits per heavy atom. The highest BCUT2D eigenvalue weighted by Gasteiger charge is 2.24. The van der Waals surface area contributed by atoms with Gasteiger partial charge in [-0.1, -0.05) is 0 Å². The fourth-order valence-electron chi connectivity index (χ4n) is 2.66. The van der Waals surface area contributed by atoms with Crippen LogP contribution in [0, 0.1) is 5.82 Å². The molecule has 1 unspecified atom stereocenters. The van der Waals surface area contributed by atoms with E-state index >= 15 is 0 Å². The van der Waals surface area contributed by atoms with Crippen LogP contribution in [0.4, 0.5) is 10.1 Å². The van der Waals surface area contributed by atoms with Gasteiger partial charge in [-0.25, -0.2) is 4.39 Å². The smallest absolute Gasteiger partial charge is 0.123 e. The summed E-state index contributed by atoms with van der Waals surface area (Å²) < 4.78 is 13.3. The lowest BCUT2D eigenvalue weighted by Gasteiger charge is -2.38. The Morgan fingerprint density at radius 3 is 2.94 bits per heavy atom. The zero-order valence-electron chi connectivity index (χ0n) is 10.8. The molecular formula is C14H21FN2O. The van der Waals surface area contributed by atoms with E-state index in [1.807, 2.05) is 6.92 Å². The monoisotopic (exact) mass is 252 g/mol. The molecule has 0 radical (unpaired) electrons. The van der Waals surface area contributed by atoms with Crippen LogP contribution < -0.4 is 10.6 Å². The summed E-state index contributed by atoms with van der Waals surface area (Å²) in [6.07, 6.45) is 3.22. The van der Waals surface area contributed by atoms with Crippen LogP contribution in [0.15, 0.2) is 18.2 Å². The van der Waals surface area contributed by atoms with Crippen LogP contribution in [0.3, 0.4) is 0 Å². The number of aliphatic hydroxyl groups excluding tert-OH is 1. The van der Waals surface area contributed by atoms with Gasteiger partial charge in [0.1, 0.15) is 5.82 Å². The highest BCUT2D eigenvalue weighted by molar-refractivity contribution is 5.56. The van der Waals surface area contributed by atoms with Gasteiger partial charge in [-0.05, 0) is 49.9 Å². The van der Waals surface area contributed by atoms with Crippen molar-refractivity contribution in [3.05, 3.63) is 29.6 Å². The van der Waals surface area contributed by atoms with Crippen molar-refractivity contribution >= 4 is 5.69 Å². The quantitative estimate of drug-likeness (QED) is 0.867. The largest absolute Gasteiger partial charge is 0.394 e. The van der Waals surface area contributed by atoms with Crippen LogP contribution in [0.1, 0.15) is 37.8 Å². The van der Waals surface area contributed by atoms with Crippen molar-refractivity contribution in [1.29, 1.82) is 0 Å². The van der Waals surface area contributed by atoms with Crippen LogP contribution in [0.2, 0.25) is 0 Å². The Hall–Kier alpha value is -1.13. The molecule has 0 aliphatic carbocycles. The number of hydrogen-bond donors (Lipinski definition) is 2. The molecule has 0 aromatic heterocycles. The van der Waals surface area contributed by atoms with Crippen LogP contribution in [-0.2, 0) is 0 Å². The third-order valence-corrected chi connectivity index (χ3v) is 3.63. The van der Waals surface area contributed by atoms with Crippen molar-refractivity contribution in [3.8, 4) is 0 Å². The maximum absolute atomic E-state index is 13.3. The molecule has 3 N–H and O–H groups in total. The molecule has 1 aliphatic heterocycles. The van der Waals surface area contributed by atoms with Crippen LogP contribution in [-0.4, -0.2) is 24.3 Å². The lowest BCUT2D eigenvalue weighted by Crippen LogP contribution is -2.42. The first-order valence-corrected chi connectivity index (χ1v) is 6.56. The molecule has 18 heavy (non-hydrogen) atoms. The number of hydrogen-bond acceptors (Lipinski definition) is 3. The van der Waals surface area contributed by atoms with Gasteiger partial charge in [0.15, 0.2) is 0 Å².